The summed E-state index contributed by atoms with van der Waals surface area (Å²) >= 11 is 0. The van der Waals surface area contributed by atoms with Gasteiger partial charge in [0.2, 0.25) is 0 Å². The second kappa shape index (κ2) is 5.54. The van der Waals surface area contributed by atoms with Crippen LogP contribution in [0.25, 0.3) is 0 Å². The van der Waals surface area contributed by atoms with E-state index in [4.69, 9.17) is 0 Å². The van der Waals surface area contributed by atoms with E-state index in [9.17, 15) is 9.50 Å². The molecule has 0 heterocycles. The quantitative estimate of drug-likeness (QED) is 0.883. The maximum atomic E-state index is 13.7. The highest BCUT2D eigenvalue weighted by molar-refractivity contribution is 5.29. The van der Waals surface area contributed by atoms with Crippen LogP contribution in [0.3, 0.4) is 0 Å². The van der Waals surface area contributed by atoms with Crippen molar-refractivity contribution in [2.75, 3.05) is 0 Å². The first-order valence-electron chi connectivity index (χ1n) is 6.58. The molecule has 0 aliphatic rings. The van der Waals surface area contributed by atoms with E-state index in [-0.39, 0.29) is 5.82 Å². The first-order valence-corrected chi connectivity index (χ1v) is 6.58. The van der Waals surface area contributed by atoms with Gasteiger partial charge in [-0.15, -0.1) is 0 Å². The topological polar surface area (TPSA) is 20.2 Å². The molecule has 1 unspecified atom stereocenters. The number of aryl methyl sites for hydroxylation is 1. The van der Waals surface area contributed by atoms with Gasteiger partial charge < -0.3 is 5.11 Å². The van der Waals surface area contributed by atoms with Crippen molar-refractivity contribution in [2.24, 2.45) is 0 Å². The van der Waals surface area contributed by atoms with Crippen LogP contribution in [0.4, 0.5) is 4.39 Å². The lowest BCUT2D eigenvalue weighted by atomic mass is 9.88. The Morgan fingerprint density at radius 3 is 2.16 bits per heavy atom. The Labute approximate surface area is 113 Å². The zero-order valence-corrected chi connectivity index (χ0v) is 11.4. The summed E-state index contributed by atoms with van der Waals surface area (Å²) in [5, 5.41) is 10.5. The van der Waals surface area contributed by atoms with Gasteiger partial charge in [0.05, 0.1) is 5.60 Å². The molecule has 1 nitrogen and oxygen atoms in total. The van der Waals surface area contributed by atoms with E-state index in [2.05, 4.69) is 6.92 Å². The third kappa shape index (κ3) is 3.21. The van der Waals surface area contributed by atoms with E-state index in [1.165, 1.54) is 11.6 Å². The molecule has 2 aromatic carbocycles. The Bertz CT molecular complexity index is 543. The van der Waals surface area contributed by atoms with Gasteiger partial charge in [-0.05, 0) is 30.5 Å². The average molecular weight is 258 g/mol. The summed E-state index contributed by atoms with van der Waals surface area (Å²) in [6, 6.07) is 14.5. The van der Waals surface area contributed by atoms with Gasteiger partial charge in [0, 0.05) is 12.0 Å². The van der Waals surface area contributed by atoms with Gasteiger partial charge in [-0.25, -0.2) is 4.39 Å². The van der Waals surface area contributed by atoms with Crippen LogP contribution >= 0.6 is 0 Å². The van der Waals surface area contributed by atoms with Crippen molar-refractivity contribution in [3.63, 3.8) is 0 Å². The molecular formula is C17H19FO. The minimum absolute atomic E-state index is 0.342. The summed E-state index contributed by atoms with van der Waals surface area (Å²) < 4.78 is 13.7. The molecule has 0 amide bonds. The van der Waals surface area contributed by atoms with Crippen LogP contribution in [0.2, 0.25) is 0 Å². The number of benzene rings is 2. The van der Waals surface area contributed by atoms with E-state index >= 15 is 0 Å². The number of hydrogen-bond donors (Lipinski definition) is 1. The van der Waals surface area contributed by atoms with Crippen LogP contribution in [0.15, 0.2) is 48.5 Å². The summed E-state index contributed by atoms with van der Waals surface area (Å²) in [4.78, 5) is 0. The van der Waals surface area contributed by atoms with Crippen LogP contribution in [0.1, 0.15) is 30.5 Å². The molecule has 0 spiro atoms. The Kier molecular flexibility index (Phi) is 4.01. The van der Waals surface area contributed by atoms with Crippen LogP contribution in [-0.4, -0.2) is 5.11 Å². The highest BCUT2D eigenvalue weighted by Crippen LogP contribution is 2.27. The lowest BCUT2D eigenvalue weighted by molar-refractivity contribution is 0.0538. The molecule has 19 heavy (non-hydrogen) atoms. The number of rotatable bonds is 4. The van der Waals surface area contributed by atoms with Crippen molar-refractivity contribution in [2.45, 2.75) is 32.3 Å². The van der Waals surface area contributed by atoms with Crippen LogP contribution in [-0.2, 0) is 18.4 Å². The minimum Gasteiger partial charge on any atom is -0.385 e. The fourth-order valence-corrected chi connectivity index (χ4v) is 2.28. The standard InChI is InChI=1S/C17H19FO/c1-3-13-8-10-14(11-9-13)12-17(2,19)15-6-4-5-7-16(15)18/h4-11,19H,3,12H2,1-2H3. The van der Waals surface area contributed by atoms with Crippen molar-refractivity contribution in [1.29, 1.82) is 0 Å². The second-order valence-corrected chi connectivity index (χ2v) is 5.10. The summed E-state index contributed by atoms with van der Waals surface area (Å²) in [5.74, 6) is -0.363. The van der Waals surface area contributed by atoms with Gasteiger partial charge in [0.25, 0.3) is 0 Å². The molecule has 1 N–H and O–H groups in total. The fraction of sp³-hybridized carbons (Fsp3) is 0.294. The first kappa shape index (κ1) is 13.8. The summed E-state index contributed by atoms with van der Waals surface area (Å²) in [6.07, 6.45) is 1.39. The molecule has 0 bridgehead atoms. The molecule has 0 aliphatic carbocycles. The maximum absolute atomic E-state index is 13.7. The van der Waals surface area contributed by atoms with Crippen LogP contribution in [0.5, 0.6) is 0 Å². The van der Waals surface area contributed by atoms with Crippen molar-refractivity contribution >= 4 is 0 Å². The zero-order valence-electron chi connectivity index (χ0n) is 11.4. The Morgan fingerprint density at radius 2 is 1.58 bits per heavy atom. The van der Waals surface area contributed by atoms with Gasteiger partial charge >= 0.3 is 0 Å². The average Bonchev–Trinajstić information content (AvgIpc) is 2.39. The van der Waals surface area contributed by atoms with Crippen LogP contribution in [0, 0.1) is 5.82 Å². The third-order valence-corrected chi connectivity index (χ3v) is 3.43. The molecule has 0 radical (unpaired) electrons. The molecule has 0 fully saturated rings. The maximum Gasteiger partial charge on any atom is 0.129 e. The number of halogens is 1. The SMILES string of the molecule is CCc1ccc(CC(C)(O)c2ccccc2F)cc1. The van der Waals surface area contributed by atoms with Crippen molar-refractivity contribution in [3.05, 3.63) is 71.0 Å². The molecule has 0 aliphatic heterocycles. The molecule has 0 aromatic heterocycles. The Balaban J connectivity index is 2.23. The Hall–Kier alpha value is -1.67. The second-order valence-electron chi connectivity index (χ2n) is 5.10. The fourth-order valence-electron chi connectivity index (χ4n) is 2.28. The highest BCUT2D eigenvalue weighted by Gasteiger charge is 2.26. The number of aliphatic hydroxyl groups is 1. The zero-order chi connectivity index (χ0) is 13.9. The molecule has 1 atom stereocenters. The largest absolute Gasteiger partial charge is 0.385 e. The van der Waals surface area contributed by atoms with Gasteiger partial charge in [-0.3, -0.25) is 0 Å². The normalized spacial score (nSPS) is 14.1. The smallest absolute Gasteiger partial charge is 0.129 e. The summed E-state index contributed by atoms with van der Waals surface area (Å²) in [6.45, 7) is 3.75. The van der Waals surface area contributed by atoms with Gasteiger partial charge in [0.15, 0.2) is 0 Å². The predicted molar refractivity (Wildman–Crippen MR) is 75.5 cm³/mol. The van der Waals surface area contributed by atoms with Gasteiger partial charge in [-0.1, -0.05) is 49.4 Å². The summed E-state index contributed by atoms with van der Waals surface area (Å²) in [5.41, 5.74) is 1.41. The first-order chi connectivity index (χ1) is 9.03. The lowest BCUT2D eigenvalue weighted by Gasteiger charge is -2.24. The van der Waals surface area contributed by atoms with E-state index in [1.54, 1.807) is 25.1 Å². The van der Waals surface area contributed by atoms with Crippen molar-refractivity contribution in [3.8, 4) is 0 Å². The monoisotopic (exact) mass is 258 g/mol. The molecule has 100 valence electrons. The molecule has 0 saturated heterocycles. The predicted octanol–water partition coefficient (Wildman–Crippen LogP) is 3.84. The van der Waals surface area contributed by atoms with Crippen molar-refractivity contribution < 1.29 is 9.50 Å². The molecule has 2 rings (SSSR count). The summed E-state index contributed by atoms with van der Waals surface area (Å²) in [7, 11) is 0. The minimum atomic E-state index is -1.20. The van der Waals surface area contributed by atoms with E-state index < -0.39 is 5.60 Å². The van der Waals surface area contributed by atoms with E-state index in [1.807, 2.05) is 24.3 Å². The lowest BCUT2D eigenvalue weighted by Crippen LogP contribution is -2.25. The molecular weight excluding hydrogens is 239 g/mol. The van der Waals surface area contributed by atoms with Crippen LogP contribution < -0.4 is 0 Å². The van der Waals surface area contributed by atoms with E-state index in [0.29, 0.717) is 12.0 Å². The molecule has 0 saturated carbocycles. The van der Waals surface area contributed by atoms with E-state index in [0.717, 1.165) is 12.0 Å². The number of hydrogen-bond acceptors (Lipinski definition) is 1. The highest BCUT2D eigenvalue weighted by atomic mass is 19.1. The van der Waals surface area contributed by atoms with Crippen molar-refractivity contribution in [1.82, 2.24) is 0 Å². The van der Waals surface area contributed by atoms with Gasteiger partial charge in [-0.2, -0.15) is 0 Å². The third-order valence-electron chi connectivity index (χ3n) is 3.43. The molecule has 2 aromatic rings. The Morgan fingerprint density at radius 1 is 1.00 bits per heavy atom. The molecule has 2 heteroatoms. The van der Waals surface area contributed by atoms with Gasteiger partial charge in [0.1, 0.15) is 5.82 Å².